The number of ether oxygens (including phenoxy) is 2. The summed E-state index contributed by atoms with van der Waals surface area (Å²) in [5, 5.41) is 18.5. The zero-order valence-corrected chi connectivity index (χ0v) is 9.91. The Hall–Kier alpha value is -0.850. The van der Waals surface area contributed by atoms with Crippen molar-refractivity contribution >= 4 is 6.09 Å². The molecule has 0 aromatic heterocycles. The molecule has 1 saturated carbocycles. The maximum absolute atomic E-state index is 11.8. The average Bonchev–Trinajstić information content (AvgIpc) is 3.02. The summed E-state index contributed by atoms with van der Waals surface area (Å²) >= 11 is 0. The van der Waals surface area contributed by atoms with Crippen LogP contribution in [0.2, 0.25) is 0 Å². The molecule has 0 aromatic rings. The highest BCUT2D eigenvalue weighted by Gasteiger charge is 2.58. The van der Waals surface area contributed by atoms with Crippen LogP contribution in [-0.4, -0.2) is 65.3 Å². The van der Waals surface area contributed by atoms with Crippen LogP contribution in [0.4, 0.5) is 4.79 Å². The standard InChI is InChI=1S/C11H19NO5/c1-2-16-11(15)12(4-3-5-13)7-6-8(14)10-9(7)17-10/h7-10,13-14H,2-6H2,1H3/t7-,8+,9-,10+/m0/s1. The van der Waals surface area contributed by atoms with E-state index in [0.29, 0.717) is 26.0 Å². The molecule has 1 saturated heterocycles. The van der Waals surface area contributed by atoms with E-state index >= 15 is 0 Å². The van der Waals surface area contributed by atoms with Gasteiger partial charge in [-0.1, -0.05) is 0 Å². The second kappa shape index (κ2) is 5.20. The van der Waals surface area contributed by atoms with Gasteiger partial charge in [0.25, 0.3) is 0 Å². The van der Waals surface area contributed by atoms with Gasteiger partial charge < -0.3 is 24.6 Å². The lowest BCUT2D eigenvalue weighted by molar-refractivity contribution is 0.0508. The summed E-state index contributed by atoms with van der Waals surface area (Å²) in [5.74, 6) is 0. The minimum atomic E-state index is -0.490. The first-order valence-electron chi connectivity index (χ1n) is 6.06. The van der Waals surface area contributed by atoms with Crippen LogP contribution in [-0.2, 0) is 9.47 Å². The number of aliphatic hydroxyl groups excluding tert-OH is 2. The van der Waals surface area contributed by atoms with Crippen LogP contribution in [0, 0.1) is 0 Å². The van der Waals surface area contributed by atoms with Gasteiger partial charge in [-0.15, -0.1) is 0 Å². The quantitative estimate of drug-likeness (QED) is 0.651. The number of fused-ring (bicyclic) bond motifs is 1. The second-order valence-corrected chi connectivity index (χ2v) is 4.41. The van der Waals surface area contributed by atoms with Gasteiger partial charge in [-0.25, -0.2) is 4.79 Å². The van der Waals surface area contributed by atoms with Crippen molar-refractivity contribution in [3.05, 3.63) is 0 Å². The number of aliphatic hydroxyl groups is 2. The molecule has 98 valence electrons. The molecule has 0 bridgehead atoms. The fourth-order valence-electron chi connectivity index (χ4n) is 2.42. The van der Waals surface area contributed by atoms with E-state index in [2.05, 4.69) is 0 Å². The number of nitrogens with zero attached hydrogens (tertiary/aromatic N) is 1. The highest BCUT2D eigenvalue weighted by molar-refractivity contribution is 5.68. The number of amides is 1. The van der Waals surface area contributed by atoms with E-state index in [9.17, 15) is 9.90 Å². The van der Waals surface area contributed by atoms with E-state index in [1.54, 1.807) is 11.8 Å². The molecule has 2 fully saturated rings. The molecule has 1 heterocycles. The molecular weight excluding hydrogens is 226 g/mol. The maximum Gasteiger partial charge on any atom is 0.410 e. The van der Waals surface area contributed by atoms with Crippen LogP contribution in [0.15, 0.2) is 0 Å². The van der Waals surface area contributed by atoms with Crippen molar-refractivity contribution in [2.75, 3.05) is 19.8 Å². The van der Waals surface area contributed by atoms with Gasteiger partial charge in [0.15, 0.2) is 0 Å². The molecule has 0 radical (unpaired) electrons. The van der Waals surface area contributed by atoms with Gasteiger partial charge in [-0.2, -0.15) is 0 Å². The summed E-state index contributed by atoms with van der Waals surface area (Å²) in [6.45, 7) is 2.53. The van der Waals surface area contributed by atoms with Crippen molar-refractivity contribution in [2.45, 2.75) is 44.1 Å². The Kier molecular flexibility index (Phi) is 3.86. The summed E-state index contributed by atoms with van der Waals surface area (Å²) in [4.78, 5) is 13.4. The number of epoxide rings is 1. The van der Waals surface area contributed by atoms with Crippen molar-refractivity contribution < 1.29 is 24.5 Å². The monoisotopic (exact) mass is 245 g/mol. The molecular formula is C11H19NO5. The zero-order chi connectivity index (χ0) is 12.4. The first-order valence-corrected chi connectivity index (χ1v) is 6.06. The molecule has 17 heavy (non-hydrogen) atoms. The summed E-state index contributed by atoms with van der Waals surface area (Å²) in [7, 11) is 0. The molecule has 6 heteroatoms. The number of hydrogen-bond acceptors (Lipinski definition) is 5. The average molecular weight is 245 g/mol. The van der Waals surface area contributed by atoms with Crippen LogP contribution in [0.5, 0.6) is 0 Å². The predicted octanol–water partition coefficient (Wildman–Crippen LogP) is -0.272. The van der Waals surface area contributed by atoms with Crippen molar-refractivity contribution in [1.29, 1.82) is 0 Å². The van der Waals surface area contributed by atoms with Crippen LogP contribution >= 0.6 is 0 Å². The Labute approximate surface area is 100 Å². The summed E-state index contributed by atoms with van der Waals surface area (Å²) in [5.41, 5.74) is 0. The topological polar surface area (TPSA) is 82.5 Å². The minimum absolute atomic E-state index is 0.0279. The molecule has 1 amide bonds. The number of hydrogen-bond donors (Lipinski definition) is 2. The van der Waals surface area contributed by atoms with Gasteiger partial charge in [-0.3, -0.25) is 0 Å². The van der Waals surface area contributed by atoms with E-state index in [4.69, 9.17) is 14.6 Å². The Balaban J connectivity index is 1.97. The van der Waals surface area contributed by atoms with Crippen LogP contribution < -0.4 is 0 Å². The SMILES string of the molecule is CCOC(=O)N(CCCO)[C@H]1C[C@@H](O)[C@H]2O[C@H]21. The van der Waals surface area contributed by atoms with E-state index in [-0.39, 0.29) is 24.9 Å². The highest BCUT2D eigenvalue weighted by atomic mass is 16.6. The molecule has 2 aliphatic rings. The number of rotatable bonds is 5. The molecule has 0 unspecified atom stereocenters. The Morgan fingerprint density at radius 1 is 1.53 bits per heavy atom. The molecule has 4 atom stereocenters. The fourth-order valence-corrected chi connectivity index (χ4v) is 2.42. The molecule has 0 aromatic carbocycles. The first-order chi connectivity index (χ1) is 8.19. The number of carbonyl (C=O) groups excluding carboxylic acids is 1. The van der Waals surface area contributed by atoms with Crippen LogP contribution in [0.1, 0.15) is 19.8 Å². The first kappa shape index (κ1) is 12.6. The van der Waals surface area contributed by atoms with Crippen molar-refractivity contribution in [3.63, 3.8) is 0 Å². The van der Waals surface area contributed by atoms with Gasteiger partial charge in [0.1, 0.15) is 12.2 Å². The smallest absolute Gasteiger partial charge is 0.410 e. The van der Waals surface area contributed by atoms with Gasteiger partial charge >= 0.3 is 6.09 Å². The lowest BCUT2D eigenvalue weighted by Crippen LogP contribution is -2.44. The normalized spacial score (nSPS) is 34.3. The third-order valence-corrected chi connectivity index (χ3v) is 3.26. The summed E-state index contributed by atoms with van der Waals surface area (Å²) in [6, 6.07) is -0.124. The van der Waals surface area contributed by atoms with E-state index in [0.717, 1.165) is 0 Å². The van der Waals surface area contributed by atoms with Crippen molar-refractivity contribution in [3.8, 4) is 0 Å². The molecule has 0 spiro atoms. The maximum atomic E-state index is 11.8. The second-order valence-electron chi connectivity index (χ2n) is 4.41. The third kappa shape index (κ3) is 2.53. The van der Waals surface area contributed by atoms with Gasteiger partial charge in [0, 0.05) is 13.2 Å². The lowest BCUT2D eigenvalue weighted by Gasteiger charge is -2.28. The van der Waals surface area contributed by atoms with E-state index in [1.807, 2.05) is 0 Å². The Morgan fingerprint density at radius 3 is 2.76 bits per heavy atom. The fraction of sp³-hybridized carbons (Fsp3) is 0.909. The van der Waals surface area contributed by atoms with E-state index in [1.165, 1.54) is 0 Å². The molecule has 6 nitrogen and oxygen atoms in total. The Morgan fingerprint density at radius 2 is 2.29 bits per heavy atom. The number of carbonyl (C=O) groups is 1. The highest BCUT2D eigenvalue weighted by Crippen LogP contribution is 2.41. The van der Waals surface area contributed by atoms with Gasteiger partial charge in [0.2, 0.25) is 0 Å². The largest absolute Gasteiger partial charge is 0.450 e. The van der Waals surface area contributed by atoms with Crippen LogP contribution in [0.25, 0.3) is 0 Å². The lowest BCUT2D eigenvalue weighted by atomic mass is 10.2. The third-order valence-electron chi connectivity index (χ3n) is 3.26. The Bertz CT molecular complexity index is 285. The minimum Gasteiger partial charge on any atom is -0.450 e. The van der Waals surface area contributed by atoms with Gasteiger partial charge in [0.05, 0.1) is 18.8 Å². The molecule has 1 aliphatic carbocycles. The zero-order valence-electron chi connectivity index (χ0n) is 9.91. The van der Waals surface area contributed by atoms with Crippen molar-refractivity contribution in [2.24, 2.45) is 0 Å². The summed E-state index contributed by atoms with van der Waals surface area (Å²) in [6.07, 6.45) is -0.0351. The predicted molar refractivity (Wildman–Crippen MR) is 58.5 cm³/mol. The molecule has 1 aliphatic heterocycles. The summed E-state index contributed by atoms with van der Waals surface area (Å²) < 4.78 is 10.3. The van der Waals surface area contributed by atoms with Gasteiger partial charge in [-0.05, 0) is 19.8 Å². The van der Waals surface area contributed by atoms with Crippen LogP contribution in [0.3, 0.4) is 0 Å². The molecule has 2 N–H and O–H groups in total. The van der Waals surface area contributed by atoms with Crippen molar-refractivity contribution in [1.82, 2.24) is 4.90 Å². The molecule has 2 rings (SSSR count). The van der Waals surface area contributed by atoms with E-state index < -0.39 is 12.2 Å².